The summed E-state index contributed by atoms with van der Waals surface area (Å²) in [7, 11) is -3.26. The highest BCUT2D eigenvalue weighted by Crippen LogP contribution is 2.30. The Hall–Kier alpha value is -3.70. The van der Waals surface area contributed by atoms with Crippen LogP contribution in [0, 0.1) is 12.7 Å². The van der Waals surface area contributed by atoms with Gasteiger partial charge in [0.15, 0.2) is 11.6 Å². The van der Waals surface area contributed by atoms with E-state index in [1.807, 2.05) is 6.92 Å². The number of rotatable bonds is 9. The smallest absolute Gasteiger partial charge is 0.230 e. The zero-order chi connectivity index (χ0) is 23.4. The molecule has 0 fully saturated rings. The standard InChI is InChI=1S/C22H22FN5O4S/c1-14-12-17-18(26-14)6-7-19(21(17)23)32-20-8-9-24-22(28-20)27-15-4-3-5-16(13-15)31-11-10-25-33(2,29)30/h3-9,12-13,25-26H,10-11H2,1-2H3,(H,24,27,28). The van der Waals surface area contributed by atoms with Crippen molar-refractivity contribution >= 4 is 32.6 Å². The third-order valence-electron chi connectivity index (χ3n) is 4.51. The van der Waals surface area contributed by atoms with Crippen LogP contribution in [-0.2, 0) is 10.0 Å². The summed E-state index contributed by atoms with van der Waals surface area (Å²) in [6, 6.07) is 13.6. The van der Waals surface area contributed by atoms with Gasteiger partial charge in [-0.3, -0.25) is 0 Å². The highest BCUT2D eigenvalue weighted by Gasteiger charge is 2.12. The molecule has 172 valence electrons. The second-order valence-electron chi connectivity index (χ2n) is 7.28. The van der Waals surface area contributed by atoms with Gasteiger partial charge in [0, 0.05) is 47.2 Å². The number of aryl methyl sites for hydroxylation is 1. The summed E-state index contributed by atoms with van der Waals surface area (Å²) in [4.78, 5) is 11.5. The molecule has 9 nitrogen and oxygen atoms in total. The molecular formula is C22H22FN5O4S. The normalized spacial score (nSPS) is 11.5. The first-order chi connectivity index (χ1) is 15.8. The van der Waals surface area contributed by atoms with Gasteiger partial charge in [0.05, 0.1) is 6.26 Å². The summed E-state index contributed by atoms with van der Waals surface area (Å²) in [6.45, 7) is 2.19. The molecule has 0 spiro atoms. The molecule has 0 aliphatic rings. The highest BCUT2D eigenvalue weighted by molar-refractivity contribution is 7.88. The predicted octanol–water partition coefficient (Wildman–Crippen LogP) is 3.87. The van der Waals surface area contributed by atoms with E-state index in [0.717, 1.165) is 11.9 Å². The number of nitrogens with zero attached hydrogens (tertiary/aromatic N) is 2. The Labute approximate surface area is 190 Å². The van der Waals surface area contributed by atoms with E-state index in [4.69, 9.17) is 9.47 Å². The molecule has 0 aliphatic heterocycles. The number of benzene rings is 2. The molecule has 0 atom stereocenters. The molecule has 0 radical (unpaired) electrons. The Morgan fingerprint density at radius 2 is 2.00 bits per heavy atom. The van der Waals surface area contributed by atoms with E-state index >= 15 is 0 Å². The Morgan fingerprint density at radius 3 is 2.82 bits per heavy atom. The maximum atomic E-state index is 14.8. The molecule has 33 heavy (non-hydrogen) atoms. The van der Waals surface area contributed by atoms with Gasteiger partial charge in [-0.05, 0) is 37.3 Å². The van der Waals surface area contributed by atoms with Gasteiger partial charge in [-0.15, -0.1) is 0 Å². The van der Waals surface area contributed by atoms with Crippen molar-refractivity contribution in [2.24, 2.45) is 0 Å². The van der Waals surface area contributed by atoms with Crippen LogP contribution in [-0.4, -0.2) is 42.8 Å². The van der Waals surface area contributed by atoms with Gasteiger partial charge in [-0.25, -0.2) is 22.5 Å². The van der Waals surface area contributed by atoms with Crippen molar-refractivity contribution in [2.75, 3.05) is 24.7 Å². The van der Waals surface area contributed by atoms with Crippen molar-refractivity contribution in [3.05, 3.63) is 66.2 Å². The van der Waals surface area contributed by atoms with Crippen LogP contribution in [0.25, 0.3) is 10.9 Å². The molecule has 11 heteroatoms. The van der Waals surface area contributed by atoms with Crippen LogP contribution in [0.4, 0.5) is 16.0 Å². The second-order valence-corrected chi connectivity index (χ2v) is 9.11. The molecule has 0 amide bonds. The second kappa shape index (κ2) is 9.43. The first kappa shape index (κ1) is 22.5. The molecule has 4 aromatic rings. The fourth-order valence-electron chi connectivity index (χ4n) is 3.13. The largest absolute Gasteiger partial charge is 0.492 e. The van der Waals surface area contributed by atoms with Gasteiger partial charge in [-0.1, -0.05) is 6.07 Å². The molecule has 0 unspecified atom stereocenters. The molecule has 0 aliphatic carbocycles. The van der Waals surface area contributed by atoms with Crippen LogP contribution in [0.1, 0.15) is 5.69 Å². The first-order valence-corrected chi connectivity index (χ1v) is 11.9. The van der Waals surface area contributed by atoms with Crippen LogP contribution < -0.4 is 19.5 Å². The average Bonchev–Trinajstić information content (AvgIpc) is 3.15. The molecule has 0 saturated carbocycles. The number of hydrogen-bond donors (Lipinski definition) is 3. The average molecular weight is 472 g/mol. The van der Waals surface area contributed by atoms with Crippen LogP contribution in [0.5, 0.6) is 17.4 Å². The first-order valence-electron chi connectivity index (χ1n) is 10.00. The van der Waals surface area contributed by atoms with Gasteiger partial charge >= 0.3 is 0 Å². The zero-order valence-corrected chi connectivity index (χ0v) is 18.7. The molecule has 2 aromatic carbocycles. The van der Waals surface area contributed by atoms with E-state index in [0.29, 0.717) is 22.3 Å². The molecule has 2 heterocycles. The topological polar surface area (TPSA) is 118 Å². The molecule has 2 aromatic heterocycles. The third-order valence-corrected chi connectivity index (χ3v) is 5.24. The van der Waals surface area contributed by atoms with Crippen molar-refractivity contribution in [1.82, 2.24) is 19.7 Å². The molecule has 3 N–H and O–H groups in total. The summed E-state index contributed by atoms with van der Waals surface area (Å²) in [6.07, 6.45) is 2.59. The van der Waals surface area contributed by atoms with Crippen LogP contribution in [0.15, 0.2) is 54.7 Å². The monoisotopic (exact) mass is 471 g/mol. The Kier molecular flexibility index (Phi) is 6.43. The number of sulfonamides is 1. The maximum absolute atomic E-state index is 14.8. The maximum Gasteiger partial charge on any atom is 0.230 e. The number of aromatic nitrogens is 3. The Balaban J connectivity index is 1.43. The fraction of sp³-hybridized carbons (Fsp3) is 0.182. The van der Waals surface area contributed by atoms with Gasteiger partial charge in [0.2, 0.25) is 21.9 Å². The van der Waals surface area contributed by atoms with Gasteiger partial charge in [0.1, 0.15) is 12.4 Å². The van der Waals surface area contributed by atoms with Crippen molar-refractivity contribution in [3.8, 4) is 17.4 Å². The van der Waals surface area contributed by atoms with Gasteiger partial charge in [-0.2, -0.15) is 4.98 Å². The Bertz CT molecular complexity index is 1390. The van der Waals surface area contributed by atoms with Crippen LogP contribution in [0.2, 0.25) is 0 Å². The van der Waals surface area contributed by atoms with Crippen molar-refractivity contribution in [3.63, 3.8) is 0 Å². The zero-order valence-electron chi connectivity index (χ0n) is 17.9. The number of nitrogens with one attached hydrogen (secondary N) is 3. The summed E-state index contributed by atoms with van der Waals surface area (Å²) < 4.78 is 50.6. The van der Waals surface area contributed by atoms with E-state index in [-0.39, 0.29) is 30.7 Å². The summed E-state index contributed by atoms with van der Waals surface area (Å²) >= 11 is 0. The Morgan fingerprint density at radius 1 is 1.15 bits per heavy atom. The third kappa shape index (κ3) is 5.96. The lowest BCUT2D eigenvalue weighted by Crippen LogP contribution is -2.26. The number of anilines is 2. The minimum absolute atomic E-state index is 0.0595. The van der Waals surface area contributed by atoms with E-state index < -0.39 is 15.8 Å². The van der Waals surface area contributed by atoms with Crippen LogP contribution >= 0.6 is 0 Å². The lowest BCUT2D eigenvalue weighted by molar-refractivity contribution is 0.323. The summed E-state index contributed by atoms with van der Waals surface area (Å²) in [5.41, 5.74) is 2.19. The highest BCUT2D eigenvalue weighted by atomic mass is 32.2. The molecule has 0 bridgehead atoms. The van der Waals surface area contributed by atoms with Crippen molar-refractivity contribution in [2.45, 2.75) is 6.92 Å². The molecule has 0 saturated heterocycles. The SMILES string of the molecule is Cc1cc2c(F)c(Oc3ccnc(Nc4cccc(OCCNS(C)(=O)=O)c4)n3)ccc2[nH]1. The number of H-pyrrole nitrogens is 1. The van der Waals surface area contributed by atoms with Gasteiger partial charge in [0.25, 0.3) is 0 Å². The van der Waals surface area contributed by atoms with E-state index in [2.05, 4.69) is 25.0 Å². The lowest BCUT2D eigenvalue weighted by atomic mass is 10.2. The van der Waals surface area contributed by atoms with E-state index in [9.17, 15) is 12.8 Å². The van der Waals surface area contributed by atoms with Crippen molar-refractivity contribution < 1.29 is 22.3 Å². The summed E-state index contributed by atoms with van der Waals surface area (Å²) in [5, 5.41) is 3.49. The van der Waals surface area contributed by atoms with Crippen molar-refractivity contribution in [1.29, 1.82) is 0 Å². The predicted molar refractivity (Wildman–Crippen MR) is 123 cm³/mol. The number of halogens is 1. The minimum Gasteiger partial charge on any atom is -0.492 e. The van der Waals surface area contributed by atoms with E-state index in [1.54, 1.807) is 42.5 Å². The summed E-state index contributed by atoms with van der Waals surface area (Å²) in [5.74, 6) is 0.559. The lowest BCUT2D eigenvalue weighted by Gasteiger charge is -2.10. The molecule has 4 rings (SSSR count). The number of hydrogen-bond acceptors (Lipinski definition) is 7. The molecular weight excluding hydrogens is 449 g/mol. The quantitative estimate of drug-likeness (QED) is 0.317. The minimum atomic E-state index is -3.26. The number of fused-ring (bicyclic) bond motifs is 1. The number of aromatic amines is 1. The van der Waals surface area contributed by atoms with Crippen LogP contribution in [0.3, 0.4) is 0 Å². The van der Waals surface area contributed by atoms with Gasteiger partial charge < -0.3 is 19.8 Å². The number of ether oxygens (including phenoxy) is 2. The fourth-order valence-corrected chi connectivity index (χ4v) is 3.58. The van der Waals surface area contributed by atoms with E-state index in [1.165, 1.54) is 12.3 Å².